The number of rotatable bonds is 6. The molecule has 17 heavy (non-hydrogen) atoms. The molecule has 0 aromatic rings. The first-order valence-electron chi connectivity index (χ1n) is 4.81. The van der Waals surface area contributed by atoms with Gasteiger partial charge in [-0.15, -0.1) is 0 Å². The van der Waals surface area contributed by atoms with Crippen LogP contribution in [0.4, 0.5) is 4.79 Å². The van der Waals surface area contributed by atoms with Crippen LogP contribution < -0.4 is 10.6 Å². The van der Waals surface area contributed by atoms with Gasteiger partial charge in [0.05, 0.1) is 19.0 Å². The molecule has 3 amide bonds. The van der Waals surface area contributed by atoms with Crippen molar-refractivity contribution >= 4 is 17.9 Å². The van der Waals surface area contributed by atoms with Gasteiger partial charge in [-0.1, -0.05) is 0 Å². The van der Waals surface area contributed by atoms with Gasteiger partial charge in [-0.3, -0.25) is 9.59 Å². The number of nitriles is 1. The quantitative estimate of drug-likeness (QED) is 0.536. The maximum atomic E-state index is 11.3. The average Bonchev–Trinajstić information content (AvgIpc) is 2.30. The van der Waals surface area contributed by atoms with E-state index in [1.54, 1.807) is 0 Å². The highest BCUT2D eigenvalue weighted by Gasteiger charge is 2.10. The van der Waals surface area contributed by atoms with E-state index in [0.717, 1.165) is 0 Å². The summed E-state index contributed by atoms with van der Waals surface area (Å²) >= 11 is 0. The van der Waals surface area contributed by atoms with Crippen molar-refractivity contribution in [3.63, 3.8) is 0 Å². The third-order valence-electron chi connectivity index (χ3n) is 1.74. The zero-order valence-corrected chi connectivity index (χ0v) is 9.39. The third-order valence-corrected chi connectivity index (χ3v) is 1.74. The van der Waals surface area contributed by atoms with Crippen molar-refractivity contribution in [2.45, 2.75) is 6.42 Å². The molecule has 0 atom stereocenters. The summed E-state index contributed by atoms with van der Waals surface area (Å²) in [5.41, 5.74) is 0. The van der Waals surface area contributed by atoms with E-state index in [4.69, 9.17) is 10.4 Å². The van der Waals surface area contributed by atoms with E-state index < -0.39 is 24.5 Å². The first-order valence-corrected chi connectivity index (χ1v) is 4.81. The molecule has 0 aromatic heterocycles. The Morgan fingerprint density at radius 3 is 2.47 bits per heavy atom. The van der Waals surface area contributed by atoms with Gasteiger partial charge in [0.1, 0.15) is 6.54 Å². The van der Waals surface area contributed by atoms with E-state index in [2.05, 4.69) is 10.6 Å². The van der Waals surface area contributed by atoms with Crippen LogP contribution in [0.1, 0.15) is 6.42 Å². The van der Waals surface area contributed by atoms with Crippen LogP contribution in [0.2, 0.25) is 0 Å². The lowest BCUT2D eigenvalue weighted by Crippen LogP contribution is -2.44. The number of nitrogens with zero attached hydrogens (tertiary/aromatic N) is 2. The first kappa shape index (κ1) is 14.7. The summed E-state index contributed by atoms with van der Waals surface area (Å²) < 4.78 is 0. The highest BCUT2D eigenvalue weighted by Crippen LogP contribution is 1.86. The predicted molar refractivity (Wildman–Crippen MR) is 56.9 cm³/mol. The van der Waals surface area contributed by atoms with Crippen molar-refractivity contribution in [3.05, 3.63) is 0 Å². The monoisotopic (exact) mass is 242 g/mol. The summed E-state index contributed by atoms with van der Waals surface area (Å²) in [5, 5.41) is 21.0. The van der Waals surface area contributed by atoms with Gasteiger partial charge in [-0.05, 0) is 0 Å². The molecule has 0 aliphatic rings. The Hall–Kier alpha value is -2.30. The van der Waals surface area contributed by atoms with E-state index in [9.17, 15) is 14.4 Å². The number of carbonyl (C=O) groups excluding carboxylic acids is 2. The normalized spacial score (nSPS) is 8.94. The molecule has 0 saturated heterocycles. The number of urea groups is 1. The minimum Gasteiger partial charge on any atom is -0.480 e. The zero-order chi connectivity index (χ0) is 13.3. The van der Waals surface area contributed by atoms with Gasteiger partial charge < -0.3 is 20.6 Å². The fourth-order valence-corrected chi connectivity index (χ4v) is 0.847. The molecule has 8 nitrogen and oxygen atoms in total. The van der Waals surface area contributed by atoms with Crippen molar-refractivity contribution in [3.8, 4) is 6.07 Å². The summed E-state index contributed by atoms with van der Waals surface area (Å²) in [6.45, 7) is -0.527. The Bertz CT molecular complexity index is 336. The minimum atomic E-state index is -1.16. The van der Waals surface area contributed by atoms with Gasteiger partial charge in [0, 0.05) is 13.6 Å². The number of amides is 3. The molecule has 0 fully saturated rings. The van der Waals surface area contributed by atoms with Gasteiger partial charge in [0.25, 0.3) is 0 Å². The minimum absolute atomic E-state index is 0.204. The third kappa shape index (κ3) is 7.61. The standard InChI is InChI=1S/C9H14N4O4/c1-13(4-2-3-10)9(17)12-5-7(14)11-6-8(15)16/h2,4-6H2,1H3,(H,11,14)(H,12,17)(H,15,16). The fourth-order valence-electron chi connectivity index (χ4n) is 0.847. The number of hydrogen-bond donors (Lipinski definition) is 3. The van der Waals surface area contributed by atoms with Gasteiger partial charge >= 0.3 is 12.0 Å². The second kappa shape index (κ2) is 7.92. The van der Waals surface area contributed by atoms with Gasteiger partial charge in [-0.2, -0.15) is 5.26 Å². The molecule has 0 aliphatic carbocycles. The van der Waals surface area contributed by atoms with Crippen LogP contribution in [0.3, 0.4) is 0 Å². The summed E-state index contributed by atoms with van der Waals surface area (Å²) in [6.07, 6.45) is 0.204. The Morgan fingerprint density at radius 2 is 1.94 bits per heavy atom. The summed E-state index contributed by atoms with van der Waals surface area (Å²) in [4.78, 5) is 33.7. The van der Waals surface area contributed by atoms with Crippen molar-refractivity contribution in [2.75, 3.05) is 26.7 Å². The molecule has 0 rings (SSSR count). The van der Waals surface area contributed by atoms with E-state index in [1.807, 2.05) is 6.07 Å². The van der Waals surface area contributed by atoms with Gasteiger partial charge in [-0.25, -0.2) is 4.79 Å². The van der Waals surface area contributed by atoms with Crippen molar-refractivity contribution in [1.29, 1.82) is 5.26 Å². The van der Waals surface area contributed by atoms with Crippen LogP contribution in [0.15, 0.2) is 0 Å². The molecule has 3 N–H and O–H groups in total. The van der Waals surface area contributed by atoms with Crippen molar-refractivity contribution in [1.82, 2.24) is 15.5 Å². The Labute approximate surface area is 98.2 Å². The lowest BCUT2D eigenvalue weighted by atomic mass is 10.4. The van der Waals surface area contributed by atoms with E-state index in [-0.39, 0.29) is 19.5 Å². The topological polar surface area (TPSA) is 123 Å². The molecule has 0 aliphatic heterocycles. The van der Waals surface area contributed by atoms with Crippen LogP contribution in [0, 0.1) is 11.3 Å². The molecular formula is C9H14N4O4. The van der Waals surface area contributed by atoms with Crippen LogP contribution in [0.5, 0.6) is 0 Å². The molecule has 94 valence electrons. The molecule has 8 heteroatoms. The van der Waals surface area contributed by atoms with Crippen molar-refractivity contribution in [2.24, 2.45) is 0 Å². The van der Waals surface area contributed by atoms with Crippen LogP contribution >= 0.6 is 0 Å². The number of carboxylic acids is 1. The van der Waals surface area contributed by atoms with E-state index in [0.29, 0.717) is 0 Å². The molecule has 0 bridgehead atoms. The Kier molecular flexibility index (Phi) is 6.85. The molecule has 0 aromatic carbocycles. The Balaban J connectivity index is 3.79. The number of carbonyl (C=O) groups is 3. The summed E-state index contributed by atoms with van der Waals surface area (Å²) in [7, 11) is 1.49. The van der Waals surface area contributed by atoms with Crippen LogP contribution in [-0.2, 0) is 9.59 Å². The Morgan fingerprint density at radius 1 is 1.29 bits per heavy atom. The lowest BCUT2D eigenvalue weighted by Gasteiger charge is -2.15. The molecule has 0 radical (unpaired) electrons. The maximum Gasteiger partial charge on any atom is 0.322 e. The molecule has 0 spiro atoms. The van der Waals surface area contributed by atoms with E-state index in [1.165, 1.54) is 11.9 Å². The van der Waals surface area contributed by atoms with Crippen LogP contribution in [0.25, 0.3) is 0 Å². The number of nitrogens with one attached hydrogen (secondary N) is 2. The highest BCUT2D eigenvalue weighted by atomic mass is 16.4. The van der Waals surface area contributed by atoms with E-state index >= 15 is 0 Å². The predicted octanol–water partition coefficient (Wildman–Crippen LogP) is -1.26. The second-order valence-corrected chi connectivity index (χ2v) is 3.16. The highest BCUT2D eigenvalue weighted by molar-refractivity contribution is 5.86. The van der Waals surface area contributed by atoms with Crippen LogP contribution in [-0.4, -0.2) is 54.6 Å². The average molecular weight is 242 g/mol. The SMILES string of the molecule is CN(CCC#N)C(=O)NCC(=O)NCC(=O)O. The second-order valence-electron chi connectivity index (χ2n) is 3.16. The zero-order valence-electron chi connectivity index (χ0n) is 9.39. The van der Waals surface area contributed by atoms with Gasteiger partial charge in [0.15, 0.2) is 0 Å². The van der Waals surface area contributed by atoms with Crippen molar-refractivity contribution < 1.29 is 19.5 Å². The number of hydrogen-bond acceptors (Lipinski definition) is 4. The summed E-state index contributed by atoms with van der Waals surface area (Å²) in [6, 6.07) is 1.39. The smallest absolute Gasteiger partial charge is 0.322 e. The van der Waals surface area contributed by atoms with Gasteiger partial charge in [0.2, 0.25) is 5.91 Å². The fraction of sp³-hybridized carbons (Fsp3) is 0.556. The molecular weight excluding hydrogens is 228 g/mol. The first-order chi connectivity index (χ1) is 7.97. The lowest BCUT2D eigenvalue weighted by molar-refractivity contribution is -0.137. The number of carboxylic acid groups (broad SMARTS) is 1. The largest absolute Gasteiger partial charge is 0.480 e. The molecule has 0 unspecified atom stereocenters. The number of aliphatic carboxylic acids is 1. The molecule has 0 saturated carbocycles. The summed E-state index contributed by atoms with van der Waals surface area (Å²) in [5.74, 6) is -1.75. The maximum absolute atomic E-state index is 11.3. The molecule has 0 heterocycles.